The summed E-state index contributed by atoms with van der Waals surface area (Å²) in [6, 6.07) is 6.88. The molecule has 31 heavy (non-hydrogen) atoms. The van der Waals surface area contributed by atoms with Crippen LogP contribution in [0.3, 0.4) is 0 Å². The zero-order valence-electron chi connectivity index (χ0n) is 17.9. The summed E-state index contributed by atoms with van der Waals surface area (Å²) in [5.41, 5.74) is 0.877. The van der Waals surface area contributed by atoms with Crippen molar-refractivity contribution in [3.8, 4) is 22.1 Å². The Balaban J connectivity index is 1.60. The topological polar surface area (TPSA) is 93.9 Å². The fourth-order valence-electron chi connectivity index (χ4n) is 3.87. The highest BCUT2D eigenvalue weighted by atomic mass is 32.1. The van der Waals surface area contributed by atoms with Crippen molar-refractivity contribution in [2.75, 3.05) is 14.2 Å². The highest BCUT2D eigenvalue weighted by molar-refractivity contribution is 7.13. The minimum absolute atomic E-state index is 0.0684. The molecule has 1 aliphatic heterocycles. The average Bonchev–Trinajstić information content (AvgIpc) is 3.41. The molecule has 0 bridgehead atoms. The Morgan fingerprint density at radius 1 is 1.23 bits per heavy atom. The zero-order valence-corrected chi connectivity index (χ0v) is 18.8. The van der Waals surface area contributed by atoms with Gasteiger partial charge in [0.2, 0.25) is 0 Å². The molecule has 3 aromatic rings. The van der Waals surface area contributed by atoms with E-state index in [1.54, 1.807) is 34.1 Å². The first kappa shape index (κ1) is 20.9. The monoisotopic (exact) mass is 441 g/mol. The van der Waals surface area contributed by atoms with Gasteiger partial charge in [-0.15, -0.1) is 11.3 Å². The molecule has 1 atom stereocenters. The van der Waals surface area contributed by atoms with Gasteiger partial charge < -0.3 is 19.2 Å². The molecular weight excluding hydrogens is 418 g/mol. The van der Waals surface area contributed by atoms with Crippen LogP contribution in [0.15, 0.2) is 34.1 Å². The van der Waals surface area contributed by atoms with E-state index in [0.29, 0.717) is 39.3 Å². The number of para-hydroxylation sites is 1. The van der Waals surface area contributed by atoms with Gasteiger partial charge in [-0.3, -0.25) is 9.69 Å². The summed E-state index contributed by atoms with van der Waals surface area (Å²) in [6.07, 6.45) is 0. The number of nitrogens with one attached hydrogen (secondary N) is 1. The number of ether oxygens (including phenoxy) is 2. The van der Waals surface area contributed by atoms with Crippen LogP contribution in [0.2, 0.25) is 0 Å². The number of aromatic nitrogens is 1. The van der Waals surface area contributed by atoms with Gasteiger partial charge in [-0.05, 0) is 39.0 Å². The van der Waals surface area contributed by atoms with E-state index in [2.05, 4.69) is 10.3 Å². The van der Waals surface area contributed by atoms with Gasteiger partial charge in [-0.1, -0.05) is 6.07 Å². The Labute approximate surface area is 183 Å². The fraction of sp³-hybridized carbons (Fsp3) is 0.318. The first-order valence-corrected chi connectivity index (χ1v) is 10.5. The van der Waals surface area contributed by atoms with Crippen molar-refractivity contribution < 1.29 is 23.5 Å². The summed E-state index contributed by atoms with van der Waals surface area (Å²) in [7, 11) is 3.15. The van der Waals surface area contributed by atoms with Gasteiger partial charge in [0, 0.05) is 10.9 Å². The van der Waals surface area contributed by atoms with Crippen molar-refractivity contribution >= 4 is 23.3 Å². The van der Waals surface area contributed by atoms with Crippen LogP contribution < -0.4 is 14.8 Å². The van der Waals surface area contributed by atoms with Gasteiger partial charge in [0.1, 0.15) is 22.1 Å². The number of urea groups is 1. The second kappa shape index (κ2) is 7.73. The molecule has 1 aliphatic rings. The summed E-state index contributed by atoms with van der Waals surface area (Å²) in [4.78, 5) is 31.7. The summed E-state index contributed by atoms with van der Waals surface area (Å²) in [5, 5.41) is 5.35. The number of amides is 3. The Hall–Kier alpha value is -3.33. The molecule has 0 radical (unpaired) electrons. The summed E-state index contributed by atoms with van der Waals surface area (Å²) >= 11 is 1.41. The number of hydrogen-bond donors (Lipinski definition) is 1. The van der Waals surface area contributed by atoms with Crippen LogP contribution in [-0.2, 0) is 16.9 Å². The van der Waals surface area contributed by atoms with Gasteiger partial charge in [-0.2, -0.15) is 0 Å². The predicted molar refractivity (Wildman–Crippen MR) is 115 cm³/mol. The number of imide groups is 1. The number of furan rings is 1. The molecule has 3 amide bonds. The molecule has 1 N–H and O–H groups in total. The minimum atomic E-state index is -1.17. The molecule has 2 aromatic heterocycles. The van der Waals surface area contributed by atoms with Crippen molar-refractivity contribution in [1.29, 1.82) is 0 Å². The lowest BCUT2D eigenvalue weighted by molar-refractivity contribution is -0.131. The number of nitrogens with zero attached hydrogens (tertiary/aromatic N) is 2. The quantitative estimate of drug-likeness (QED) is 0.581. The standard InChI is InChI=1S/C22H23N3O5S/c1-12-9-16(13(2)30-12)22(3)20(26)25(21(27)24-22)10-14-11-31-19(23-14)15-7-6-8-17(28-4)18(15)29-5/h6-9,11H,10H2,1-5H3,(H,24,27). The SMILES string of the molecule is COc1cccc(-c2nc(CN3C(=O)NC(C)(c4cc(C)oc4C)C3=O)cs2)c1OC. The Kier molecular flexibility index (Phi) is 5.22. The first-order chi connectivity index (χ1) is 14.8. The molecule has 9 heteroatoms. The highest BCUT2D eigenvalue weighted by Gasteiger charge is 2.50. The number of carbonyl (C=O) groups excluding carboxylic acids is 2. The third-order valence-corrected chi connectivity index (χ3v) is 6.28. The van der Waals surface area contributed by atoms with E-state index in [1.165, 1.54) is 16.2 Å². The van der Waals surface area contributed by atoms with Crippen LogP contribution in [0, 0.1) is 13.8 Å². The van der Waals surface area contributed by atoms with Gasteiger partial charge in [0.25, 0.3) is 5.91 Å². The minimum Gasteiger partial charge on any atom is -0.493 e. The van der Waals surface area contributed by atoms with Gasteiger partial charge in [0.05, 0.1) is 32.0 Å². The molecule has 0 spiro atoms. The zero-order chi connectivity index (χ0) is 22.3. The van der Waals surface area contributed by atoms with Crippen LogP contribution in [0.5, 0.6) is 11.5 Å². The van der Waals surface area contributed by atoms with Crippen molar-refractivity contribution in [3.63, 3.8) is 0 Å². The van der Waals surface area contributed by atoms with Crippen LogP contribution in [0.25, 0.3) is 10.6 Å². The lowest BCUT2D eigenvalue weighted by Gasteiger charge is -2.21. The number of carbonyl (C=O) groups is 2. The Morgan fingerprint density at radius 2 is 2.00 bits per heavy atom. The molecule has 0 saturated carbocycles. The van der Waals surface area contributed by atoms with E-state index < -0.39 is 11.6 Å². The number of hydrogen-bond acceptors (Lipinski definition) is 7. The first-order valence-electron chi connectivity index (χ1n) is 9.66. The maximum Gasteiger partial charge on any atom is 0.325 e. The predicted octanol–water partition coefficient (Wildman–Crippen LogP) is 4.00. The van der Waals surface area contributed by atoms with E-state index in [1.807, 2.05) is 30.5 Å². The molecule has 1 fully saturated rings. The van der Waals surface area contributed by atoms with Crippen molar-refractivity contribution in [2.24, 2.45) is 0 Å². The van der Waals surface area contributed by atoms with E-state index in [-0.39, 0.29) is 12.5 Å². The van der Waals surface area contributed by atoms with E-state index in [4.69, 9.17) is 13.9 Å². The second-order valence-electron chi connectivity index (χ2n) is 7.46. The lowest BCUT2D eigenvalue weighted by Crippen LogP contribution is -2.41. The van der Waals surface area contributed by atoms with Crippen molar-refractivity contribution in [1.82, 2.24) is 15.2 Å². The molecule has 4 rings (SSSR count). The number of rotatable bonds is 6. The third-order valence-electron chi connectivity index (χ3n) is 5.36. The molecule has 3 heterocycles. The fourth-order valence-corrected chi connectivity index (χ4v) is 4.70. The number of benzene rings is 1. The number of aryl methyl sites for hydroxylation is 2. The average molecular weight is 442 g/mol. The summed E-state index contributed by atoms with van der Waals surface area (Å²) in [5.74, 6) is 2.14. The van der Waals surface area contributed by atoms with Crippen LogP contribution >= 0.6 is 11.3 Å². The van der Waals surface area contributed by atoms with Gasteiger partial charge >= 0.3 is 6.03 Å². The molecule has 1 unspecified atom stereocenters. The number of thiazole rings is 1. The summed E-state index contributed by atoms with van der Waals surface area (Å²) < 4.78 is 16.4. The second-order valence-corrected chi connectivity index (χ2v) is 8.32. The highest BCUT2D eigenvalue weighted by Crippen LogP contribution is 2.39. The van der Waals surface area contributed by atoms with E-state index >= 15 is 0 Å². The van der Waals surface area contributed by atoms with E-state index in [9.17, 15) is 9.59 Å². The van der Waals surface area contributed by atoms with Gasteiger partial charge in [0.15, 0.2) is 11.5 Å². The molecule has 1 aromatic carbocycles. The van der Waals surface area contributed by atoms with Crippen LogP contribution in [0.4, 0.5) is 4.79 Å². The van der Waals surface area contributed by atoms with Gasteiger partial charge in [-0.25, -0.2) is 9.78 Å². The van der Waals surface area contributed by atoms with Crippen molar-refractivity contribution in [2.45, 2.75) is 32.9 Å². The third kappa shape index (κ3) is 3.44. The number of methoxy groups -OCH3 is 2. The maximum atomic E-state index is 13.2. The molecule has 162 valence electrons. The van der Waals surface area contributed by atoms with Crippen LogP contribution in [-0.4, -0.2) is 36.0 Å². The van der Waals surface area contributed by atoms with Crippen LogP contribution in [0.1, 0.15) is 29.7 Å². The summed E-state index contributed by atoms with van der Waals surface area (Å²) in [6.45, 7) is 5.35. The molecule has 0 aliphatic carbocycles. The smallest absolute Gasteiger partial charge is 0.325 e. The molecule has 1 saturated heterocycles. The largest absolute Gasteiger partial charge is 0.493 e. The van der Waals surface area contributed by atoms with E-state index in [0.717, 1.165) is 5.56 Å². The van der Waals surface area contributed by atoms with Crippen molar-refractivity contribution in [3.05, 3.63) is 52.4 Å². The Morgan fingerprint density at radius 3 is 2.65 bits per heavy atom. The lowest BCUT2D eigenvalue weighted by atomic mass is 9.92. The normalized spacial score (nSPS) is 18.4. The maximum absolute atomic E-state index is 13.2. The Bertz CT molecular complexity index is 1170. The molecular formula is C22H23N3O5S. The molecule has 8 nitrogen and oxygen atoms in total.